The summed E-state index contributed by atoms with van der Waals surface area (Å²) in [6.07, 6.45) is 1.61. The first-order valence-electron chi connectivity index (χ1n) is 8.84. The normalized spacial score (nSPS) is 11.0. The molecule has 6 nitrogen and oxygen atoms in total. The van der Waals surface area contributed by atoms with Crippen LogP contribution < -0.4 is 11.1 Å². The lowest BCUT2D eigenvalue weighted by Crippen LogP contribution is -2.49. The molecule has 9 heteroatoms. The zero-order valence-corrected chi connectivity index (χ0v) is 18.9. The van der Waals surface area contributed by atoms with Crippen LogP contribution in [0.15, 0.2) is 23.6 Å². The number of nitrogens with two attached hydrogens (primary N) is 1. The van der Waals surface area contributed by atoms with E-state index in [0.717, 1.165) is 34.5 Å². The molecule has 3 rings (SSSR count). The average molecular weight is 444 g/mol. The number of thiophene rings is 1. The highest BCUT2D eigenvalue weighted by molar-refractivity contribution is 7.13. The van der Waals surface area contributed by atoms with Crippen LogP contribution in [0.1, 0.15) is 42.7 Å². The summed E-state index contributed by atoms with van der Waals surface area (Å²) in [6, 6.07) is 5.84. The predicted molar refractivity (Wildman–Crippen MR) is 121 cm³/mol. The number of carbonyl (C=O) groups is 1. The van der Waals surface area contributed by atoms with Gasteiger partial charge in [-0.15, -0.1) is 36.2 Å². The molecule has 0 radical (unpaired) electrons. The molecule has 3 N–H and O–H groups in total. The average Bonchev–Trinajstić information content (AvgIpc) is 3.27. The maximum absolute atomic E-state index is 13.0. The van der Waals surface area contributed by atoms with Crippen LogP contribution in [0.4, 0.5) is 0 Å². The fraction of sp³-hybridized carbons (Fsp3) is 0.421. The van der Waals surface area contributed by atoms with Crippen LogP contribution in [-0.2, 0) is 7.05 Å². The summed E-state index contributed by atoms with van der Waals surface area (Å²) >= 11 is 1.60. The lowest BCUT2D eigenvalue weighted by Gasteiger charge is -2.26. The number of hydrogen-bond donors (Lipinski definition) is 2. The number of carbonyl (C=O) groups excluding carboxylic acids is 1. The van der Waals surface area contributed by atoms with E-state index < -0.39 is 0 Å². The smallest absolute Gasteiger partial charge is 0.252 e. The Hall–Kier alpha value is -1.67. The molecule has 1 amide bonds. The van der Waals surface area contributed by atoms with Crippen molar-refractivity contribution < 1.29 is 4.79 Å². The molecule has 3 heterocycles. The Morgan fingerprint density at radius 3 is 2.57 bits per heavy atom. The highest BCUT2D eigenvalue weighted by atomic mass is 35.5. The van der Waals surface area contributed by atoms with Gasteiger partial charge in [-0.1, -0.05) is 19.9 Å². The molecule has 0 saturated carbocycles. The van der Waals surface area contributed by atoms with Crippen LogP contribution in [0.3, 0.4) is 0 Å². The summed E-state index contributed by atoms with van der Waals surface area (Å²) in [4.78, 5) is 18.7. The molecule has 0 aromatic carbocycles. The largest absolute Gasteiger partial charge is 0.350 e. The second-order valence-electron chi connectivity index (χ2n) is 6.69. The number of nitrogens with zero attached hydrogens (tertiary/aromatic N) is 3. The number of aromatic nitrogens is 3. The second kappa shape index (κ2) is 9.69. The number of pyridine rings is 1. The Bertz CT molecular complexity index is 936. The van der Waals surface area contributed by atoms with Crippen LogP contribution in [0.2, 0.25) is 0 Å². The van der Waals surface area contributed by atoms with E-state index in [0.29, 0.717) is 17.8 Å². The number of amides is 1. The molecule has 0 fully saturated rings. The summed E-state index contributed by atoms with van der Waals surface area (Å²) in [5, 5.41) is 10.3. The number of fused-ring (bicyclic) bond motifs is 1. The van der Waals surface area contributed by atoms with E-state index in [1.54, 1.807) is 16.0 Å². The SMILES string of the molecule is CCC(N)(CC)CNC(=O)c1cc(-c2cccs2)nc2c1c(C)nn2C.Cl.Cl. The quantitative estimate of drug-likeness (QED) is 0.600. The number of hydrogen-bond acceptors (Lipinski definition) is 5. The van der Waals surface area contributed by atoms with E-state index in [1.165, 1.54) is 0 Å². The number of aryl methyl sites for hydroxylation is 2. The molecule has 0 spiro atoms. The first-order valence-corrected chi connectivity index (χ1v) is 9.72. The molecule has 0 unspecified atom stereocenters. The van der Waals surface area contributed by atoms with Crippen molar-refractivity contribution in [1.29, 1.82) is 0 Å². The molecule has 0 aliphatic rings. The van der Waals surface area contributed by atoms with Gasteiger partial charge in [0.05, 0.1) is 27.2 Å². The topological polar surface area (TPSA) is 85.8 Å². The van der Waals surface area contributed by atoms with Gasteiger partial charge in [0.15, 0.2) is 5.65 Å². The lowest BCUT2D eigenvalue weighted by molar-refractivity contribution is 0.0943. The van der Waals surface area contributed by atoms with Crippen LogP contribution >= 0.6 is 36.2 Å². The summed E-state index contributed by atoms with van der Waals surface area (Å²) in [5.41, 5.74) is 8.83. The minimum atomic E-state index is -0.387. The molecule has 0 saturated heterocycles. The molecule has 3 aromatic heterocycles. The van der Waals surface area contributed by atoms with Gasteiger partial charge in [-0.25, -0.2) is 4.98 Å². The van der Waals surface area contributed by atoms with Crippen LogP contribution in [0, 0.1) is 6.92 Å². The third-order valence-corrected chi connectivity index (χ3v) is 5.89. The molecule has 0 aliphatic carbocycles. The van der Waals surface area contributed by atoms with E-state index in [4.69, 9.17) is 10.7 Å². The second-order valence-corrected chi connectivity index (χ2v) is 7.64. The minimum Gasteiger partial charge on any atom is -0.350 e. The first-order chi connectivity index (χ1) is 12.4. The highest BCUT2D eigenvalue weighted by Crippen LogP contribution is 2.29. The fourth-order valence-corrected chi connectivity index (χ4v) is 3.71. The van der Waals surface area contributed by atoms with E-state index in [-0.39, 0.29) is 36.3 Å². The molecule has 3 aromatic rings. The zero-order chi connectivity index (χ0) is 18.9. The molecule has 154 valence electrons. The van der Waals surface area contributed by atoms with E-state index in [1.807, 2.05) is 51.4 Å². The number of halogens is 2. The van der Waals surface area contributed by atoms with Crippen molar-refractivity contribution in [1.82, 2.24) is 20.1 Å². The molecule has 0 aliphatic heterocycles. The predicted octanol–water partition coefficient (Wildman–Crippen LogP) is 4.10. The Kier molecular flexibility index (Phi) is 8.44. The van der Waals surface area contributed by atoms with E-state index in [2.05, 4.69) is 10.4 Å². The summed E-state index contributed by atoms with van der Waals surface area (Å²) in [5.74, 6) is -0.136. The molecular formula is C19H27Cl2N5OS. The van der Waals surface area contributed by atoms with Gasteiger partial charge < -0.3 is 11.1 Å². The molecular weight excluding hydrogens is 417 g/mol. The van der Waals surface area contributed by atoms with Crippen molar-refractivity contribution in [2.24, 2.45) is 12.8 Å². The fourth-order valence-electron chi connectivity index (χ4n) is 3.03. The Balaban J connectivity index is 0.00000196. The summed E-state index contributed by atoms with van der Waals surface area (Å²) in [7, 11) is 1.85. The van der Waals surface area contributed by atoms with Crippen molar-refractivity contribution in [2.45, 2.75) is 39.2 Å². The van der Waals surface area contributed by atoms with Crippen molar-refractivity contribution in [3.63, 3.8) is 0 Å². The molecule has 0 atom stereocenters. The molecule has 28 heavy (non-hydrogen) atoms. The van der Waals surface area contributed by atoms with Crippen molar-refractivity contribution in [3.05, 3.63) is 34.8 Å². The Morgan fingerprint density at radius 2 is 2.00 bits per heavy atom. The zero-order valence-electron chi connectivity index (χ0n) is 16.5. The first kappa shape index (κ1) is 24.4. The summed E-state index contributed by atoms with van der Waals surface area (Å²) in [6.45, 7) is 6.42. The highest BCUT2D eigenvalue weighted by Gasteiger charge is 2.24. The van der Waals surface area contributed by atoms with Gasteiger partial charge in [0, 0.05) is 19.1 Å². The maximum atomic E-state index is 13.0. The molecule has 0 bridgehead atoms. The Labute approximate surface area is 181 Å². The third-order valence-electron chi connectivity index (χ3n) is 5.00. The Morgan fingerprint density at radius 1 is 1.32 bits per heavy atom. The van der Waals surface area contributed by atoms with Gasteiger partial charge in [0.2, 0.25) is 0 Å². The van der Waals surface area contributed by atoms with Crippen molar-refractivity contribution in [2.75, 3.05) is 6.54 Å². The van der Waals surface area contributed by atoms with Crippen LogP contribution in [-0.4, -0.2) is 32.8 Å². The van der Waals surface area contributed by atoms with E-state index in [9.17, 15) is 4.79 Å². The lowest BCUT2D eigenvalue weighted by atomic mass is 9.94. The minimum absolute atomic E-state index is 0. The maximum Gasteiger partial charge on any atom is 0.252 e. The van der Waals surface area contributed by atoms with Crippen LogP contribution in [0.25, 0.3) is 21.6 Å². The van der Waals surface area contributed by atoms with Crippen LogP contribution in [0.5, 0.6) is 0 Å². The summed E-state index contributed by atoms with van der Waals surface area (Å²) < 4.78 is 1.73. The standard InChI is InChI=1S/C19H25N5OS.2ClH/c1-5-19(20,6-2)11-21-18(25)13-10-14(15-8-7-9-26-15)22-17-16(13)12(3)23-24(17)4;;/h7-10H,5-6,11,20H2,1-4H3,(H,21,25);2*1H. The van der Waals surface area contributed by atoms with Gasteiger partial charge >= 0.3 is 0 Å². The van der Waals surface area contributed by atoms with Gasteiger partial charge in [-0.2, -0.15) is 5.10 Å². The van der Waals surface area contributed by atoms with Crippen molar-refractivity contribution >= 4 is 53.1 Å². The monoisotopic (exact) mass is 443 g/mol. The van der Waals surface area contributed by atoms with Gasteiger partial charge in [0.1, 0.15) is 0 Å². The van der Waals surface area contributed by atoms with Gasteiger partial charge in [-0.3, -0.25) is 9.48 Å². The van der Waals surface area contributed by atoms with Crippen molar-refractivity contribution in [3.8, 4) is 10.6 Å². The third kappa shape index (κ3) is 4.66. The van der Waals surface area contributed by atoms with Gasteiger partial charge in [0.25, 0.3) is 5.91 Å². The number of nitrogens with one attached hydrogen (secondary N) is 1. The van der Waals surface area contributed by atoms with E-state index >= 15 is 0 Å². The van der Waals surface area contributed by atoms with Gasteiger partial charge in [-0.05, 0) is 37.3 Å². The number of rotatable bonds is 6.